The van der Waals surface area contributed by atoms with Gasteiger partial charge >= 0.3 is 11.9 Å². The molecule has 3 rings (SSSR count). The predicted molar refractivity (Wildman–Crippen MR) is 102 cm³/mol. The van der Waals surface area contributed by atoms with E-state index in [1.54, 1.807) is 48.5 Å². The molecule has 0 amide bonds. The van der Waals surface area contributed by atoms with Gasteiger partial charge in [-0.25, -0.2) is 9.59 Å². The molecule has 2 aromatic carbocycles. The average Bonchev–Trinajstić information content (AvgIpc) is 2.94. The van der Waals surface area contributed by atoms with E-state index in [1.165, 1.54) is 0 Å². The first kappa shape index (κ1) is 20.3. The largest absolute Gasteiger partial charge is 0.459 e. The van der Waals surface area contributed by atoms with E-state index in [0.717, 1.165) is 11.1 Å². The summed E-state index contributed by atoms with van der Waals surface area (Å²) in [6.07, 6.45) is -1.88. The summed E-state index contributed by atoms with van der Waals surface area (Å²) in [5.41, 5.74) is 2.78. The van der Waals surface area contributed by atoms with Crippen LogP contribution in [0.5, 0.6) is 0 Å². The van der Waals surface area contributed by atoms with Gasteiger partial charge in [-0.15, -0.1) is 0 Å². The number of aryl methyl sites for hydroxylation is 2. The molecule has 28 heavy (non-hydrogen) atoms. The highest BCUT2D eigenvalue weighted by molar-refractivity contribution is 6.21. The summed E-state index contributed by atoms with van der Waals surface area (Å²) in [5.74, 6) is -1.12. The Bertz CT molecular complexity index is 844. The molecule has 1 fully saturated rings. The van der Waals surface area contributed by atoms with Crippen molar-refractivity contribution in [2.45, 2.75) is 37.7 Å². The van der Waals surface area contributed by atoms with Crippen molar-refractivity contribution in [1.82, 2.24) is 0 Å². The van der Waals surface area contributed by atoms with Crippen molar-refractivity contribution in [3.05, 3.63) is 70.8 Å². The van der Waals surface area contributed by atoms with Crippen molar-refractivity contribution >= 4 is 23.5 Å². The molecule has 2 aromatic rings. The van der Waals surface area contributed by atoms with Crippen molar-refractivity contribution in [2.24, 2.45) is 0 Å². The van der Waals surface area contributed by atoms with E-state index < -0.39 is 29.4 Å². The third kappa shape index (κ3) is 5.10. The van der Waals surface area contributed by atoms with Crippen LogP contribution in [0.3, 0.4) is 0 Å². The van der Waals surface area contributed by atoms with E-state index in [2.05, 4.69) is 0 Å². The van der Waals surface area contributed by atoms with Crippen LogP contribution < -0.4 is 0 Å². The Morgan fingerprint density at radius 1 is 1.04 bits per heavy atom. The zero-order valence-electron chi connectivity index (χ0n) is 15.6. The van der Waals surface area contributed by atoms with Crippen LogP contribution in [0.2, 0.25) is 0 Å². The molecule has 1 aliphatic heterocycles. The van der Waals surface area contributed by atoms with Crippen LogP contribution in [-0.2, 0) is 14.2 Å². The van der Waals surface area contributed by atoms with Crippen molar-refractivity contribution in [1.29, 1.82) is 0 Å². The molecule has 0 bridgehead atoms. The van der Waals surface area contributed by atoms with Crippen molar-refractivity contribution in [3.63, 3.8) is 0 Å². The third-order valence-electron chi connectivity index (χ3n) is 4.41. The highest BCUT2D eigenvalue weighted by Gasteiger charge is 2.47. The van der Waals surface area contributed by atoms with Crippen LogP contribution in [-0.4, -0.2) is 41.1 Å². The topological polar surface area (TPSA) is 82.1 Å². The second-order valence-electron chi connectivity index (χ2n) is 6.82. The zero-order chi connectivity index (χ0) is 20.3. The van der Waals surface area contributed by atoms with Crippen LogP contribution in [0.1, 0.15) is 38.3 Å². The highest BCUT2D eigenvalue weighted by atomic mass is 35.5. The van der Waals surface area contributed by atoms with Gasteiger partial charge in [-0.2, -0.15) is 0 Å². The molecule has 3 atom stereocenters. The minimum absolute atomic E-state index is 0.140. The second-order valence-corrected chi connectivity index (χ2v) is 7.41. The van der Waals surface area contributed by atoms with Crippen LogP contribution in [0, 0.1) is 13.8 Å². The lowest BCUT2D eigenvalue weighted by molar-refractivity contribution is -0.140. The van der Waals surface area contributed by atoms with Crippen molar-refractivity contribution in [3.8, 4) is 0 Å². The van der Waals surface area contributed by atoms with Gasteiger partial charge in [0, 0.05) is 0 Å². The second kappa shape index (κ2) is 8.31. The van der Waals surface area contributed by atoms with Gasteiger partial charge in [-0.1, -0.05) is 47.0 Å². The number of hydrogen-bond acceptors (Lipinski definition) is 6. The Morgan fingerprint density at radius 3 is 2.07 bits per heavy atom. The van der Waals surface area contributed by atoms with E-state index in [9.17, 15) is 14.7 Å². The maximum absolute atomic E-state index is 12.3. The Kier molecular flexibility index (Phi) is 6.03. The molecule has 1 heterocycles. The van der Waals surface area contributed by atoms with Gasteiger partial charge in [0.25, 0.3) is 0 Å². The van der Waals surface area contributed by atoms with E-state index in [-0.39, 0.29) is 13.0 Å². The van der Waals surface area contributed by atoms with Gasteiger partial charge < -0.3 is 19.3 Å². The van der Waals surface area contributed by atoms with Crippen LogP contribution in [0.15, 0.2) is 48.5 Å². The summed E-state index contributed by atoms with van der Waals surface area (Å²) in [7, 11) is 0. The lowest BCUT2D eigenvalue weighted by atomic mass is 10.1. The Balaban J connectivity index is 1.63. The Labute approximate surface area is 168 Å². The summed E-state index contributed by atoms with van der Waals surface area (Å²) in [6.45, 7) is 3.61. The molecule has 0 saturated carbocycles. The fourth-order valence-corrected chi connectivity index (χ4v) is 3.09. The number of rotatable bonds is 5. The molecule has 1 saturated heterocycles. The van der Waals surface area contributed by atoms with Crippen molar-refractivity contribution in [2.75, 3.05) is 6.61 Å². The van der Waals surface area contributed by atoms with Crippen LogP contribution in [0.4, 0.5) is 0 Å². The number of aliphatic hydroxyl groups is 1. The quantitative estimate of drug-likeness (QED) is 0.607. The number of hydrogen-bond donors (Lipinski definition) is 1. The van der Waals surface area contributed by atoms with E-state index in [4.69, 9.17) is 25.8 Å². The first-order valence-corrected chi connectivity index (χ1v) is 9.22. The Morgan fingerprint density at radius 2 is 1.54 bits per heavy atom. The first-order chi connectivity index (χ1) is 13.2. The zero-order valence-corrected chi connectivity index (χ0v) is 16.3. The maximum Gasteiger partial charge on any atom is 0.338 e. The predicted octanol–water partition coefficient (Wildman–Crippen LogP) is 3.36. The SMILES string of the molecule is Cc1ccc(C(=O)OC[C@@H]2OC(O)(Cl)C[C@H]2OC(=O)c2ccc(C)cc2)cc1. The molecular formula is C21H21ClO6. The number of ether oxygens (including phenoxy) is 3. The van der Waals surface area contributed by atoms with Gasteiger partial charge in [-0.3, -0.25) is 0 Å². The summed E-state index contributed by atoms with van der Waals surface area (Å²) in [5, 5.41) is 7.99. The molecule has 0 aliphatic carbocycles. The lowest BCUT2D eigenvalue weighted by Crippen LogP contribution is -2.32. The molecule has 148 valence electrons. The van der Waals surface area contributed by atoms with Gasteiger partial charge in [-0.05, 0) is 38.1 Å². The standard InChI is InChI=1S/C21H21ClO6/c1-13-3-7-15(8-4-13)19(23)26-12-18-17(11-21(22,25)28-18)27-20(24)16-9-5-14(2)6-10-16/h3-10,17-18,25H,11-12H2,1-2H3/t17-,18+,21?/m1/s1. The molecule has 1 unspecified atom stereocenters. The van der Waals surface area contributed by atoms with Crippen LogP contribution in [0.25, 0.3) is 0 Å². The summed E-state index contributed by atoms with van der Waals surface area (Å²) >= 11 is 5.86. The van der Waals surface area contributed by atoms with Gasteiger partial charge in [0.1, 0.15) is 18.8 Å². The molecule has 1 N–H and O–H groups in total. The number of carbonyl (C=O) groups is 2. The van der Waals surface area contributed by atoms with E-state index >= 15 is 0 Å². The summed E-state index contributed by atoms with van der Waals surface area (Å²) in [4.78, 5) is 24.5. The molecule has 0 aromatic heterocycles. The number of carbonyl (C=O) groups excluding carboxylic acids is 2. The molecule has 1 aliphatic rings. The number of halogens is 1. The fraction of sp³-hybridized carbons (Fsp3) is 0.333. The first-order valence-electron chi connectivity index (χ1n) is 8.84. The van der Waals surface area contributed by atoms with Crippen LogP contribution >= 0.6 is 11.6 Å². The lowest BCUT2D eigenvalue weighted by Gasteiger charge is -2.19. The fourth-order valence-electron chi connectivity index (χ4n) is 2.82. The number of benzene rings is 2. The van der Waals surface area contributed by atoms with Gasteiger partial charge in [0.2, 0.25) is 5.25 Å². The van der Waals surface area contributed by atoms with Crippen molar-refractivity contribution < 1.29 is 28.9 Å². The van der Waals surface area contributed by atoms with E-state index in [0.29, 0.717) is 11.1 Å². The normalized spacial score (nSPS) is 24.0. The molecular weight excluding hydrogens is 384 g/mol. The molecule has 7 heteroatoms. The van der Waals surface area contributed by atoms with Gasteiger partial charge in [0.15, 0.2) is 0 Å². The minimum Gasteiger partial charge on any atom is -0.459 e. The minimum atomic E-state index is -1.99. The number of esters is 2. The highest BCUT2D eigenvalue weighted by Crippen LogP contribution is 2.34. The maximum atomic E-state index is 12.3. The Hall–Kier alpha value is -2.41. The third-order valence-corrected chi connectivity index (χ3v) is 4.65. The monoisotopic (exact) mass is 404 g/mol. The van der Waals surface area contributed by atoms with E-state index in [1.807, 2.05) is 13.8 Å². The smallest absolute Gasteiger partial charge is 0.338 e. The summed E-state index contributed by atoms with van der Waals surface area (Å²) < 4.78 is 16.0. The average molecular weight is 405 g/mol. The summed E-state index contributed by atoms with van der Waals surface area (Å²) in [6, 6.07) is 13.8. The molecule has 0 radical (unpaired) electrons. The molecule has 0 spiro atoms. The molecule has 6 nitrogen and oxygen atoms in total. The number of alkyl halides is 1. The van der Waals surface area contributed by atoms with Gasteiger partial charge in [0.05, 0.1) is 17.5 Å².